The van der Waals surface area contributed by atoms with E-state index in [4.69, 9.17) is 5.73 Å². The maximum Gasteiger partial charge on any atom is 0.225 e. The molecule has 18 heavy (non-hydrogen) atoms. The Hall–Kier alpha value is -1.84. The fourth-order valence-corrected chi connectivity index (χ4v) is 2.38. The molecule has 1 aromatic carbocycles. The second-order valence-electron chi connectivity index (χ2n) is 5.21. The predicted octanol–water partition coefficient (Wildman–Crippen LogP) is 1.47. The lowest BCUT2D eigenvalue weighted by molar-refractivity contribution is -0.130. The van der Waals surface area contributed by atoms with Crippen molar-refractivity contribution in [1.82, 2.24) is 4.90 Å². The molecule has 4 nitrogen and oxygen atoms in total. The second kappa shape index (κ2) is 4.44. The molecule has 2 atom stereocenters. The Labute approximate surface area is 107 Å². The third-order valence-electron chi connectivity index (χ3n) is 3.73. The average Bonchev–Trinajstić information content (AvgIpc) is 2.66. The lowest BCUT2D eigenvalue weighted by atomic mass is 9.89. The fourth-order valence-electron chi connectivity index (χ4n) is 2.38. The summed E-state index contributed by atoms with van der Waals surface area (Å²) >= 11 is 0. The van der Waals surface area contributed by atoms with Gasteiger partial charge in [-0.25, -0.2) is 0 Å². The topological polar surface area (TPSA) is 63.4 Å². The van der Waals surface area contributed by atoms with Gasteiger partial charge in [0.2, 0.25) is 11.8 Å². The van der Waals surface area contributed by atoms with Crippen LogP contribution in [0.1, 0.15) is 31.9 Å². The van der Waals surface area contributed by atoms with Crippen LogP contribution < -0.4 is 5.73 Å². The van der Waals surface area contributed by atoms with E-state index in [0.29, 0.717) is 6.54 Å². The van der Waals surface area contributed by atoms with Crippen molar-refractivity contribution in [1.29, 1.82) is 0 Å². The van der Waals surface area contributed by atoms with Gasteiger partial charge in [0, 0.05) is 13.0 Å². The second-order valence-corrected chi connectivity index (χ2v) is 5.21. The number of amides is 2. The Kier molecular flexibility index (Phi) is 3.11. The molecular formula is C14H18N2O2. The van der Waals surface area contributed by atoms with Crippen LogP contribution in [-0.2, 0) is 9.59 Å². The van der Waals surface area contributed by atoms with Crippen molar-refractivity contribution in [2.75, 3.05) is 6.54 Å². The number of hydrogen-bond donors (Lipinski definition) is 1. The SMILES string of the molecule is C[C@H](c1ccccc1)N1C[C@@](C)(C(N)=O)CC1=O. The number of rotatable bonds is 3. The number of primary amides is 1. The summed E-state index contributed by atoms with van der Waals surface area (Å²) in [4.78, 5) is 25.2. The van der Waals surface area contributed by atoms with E-state index in [0.717, 1.165) is 5.56 Å². The zero-order chi connectivity index (χ0) is 13.3. The number of nitrogens with zero attached hydrogens (tertiary/aromatic N) is 1. The number of nitrogens with two attached hydrogens (primary N) is 1. The molecule has 2 amide bonds. The molecule has 2 rings (SSSR count). The minimum atomic E-state index is -0.736. The summed E-state index contributed by atoms with van der Waals surface area (Å²) in [5.41, 5.74) is 5.71. The zero-order valence-electron chi connectivity index (χ0n) is 10.7. The van der Waals surface area contributed by atoms with Crippen molar-refractivity contribution in [2.45, 2.75) is 26.3 Å². The Bertz CT molecular complexity index is 472. The van der Waals surface area contributed by atoms with Gasteiger partial charge in [0.25, 0.3) is 0 Å². The molecule has 96 valence electrons. The van der Waals surface area contributed by atoms with E-state index in [1.165, 1.54) is 0 Å². The van der Waals surface area contributed by atoms with Crippen LogP contribution in [0.15, 0.2) is 30.3 Å². The first-order valence-corrected chi connectivity index (χ1v) is 6.08. The lowest BCUT2D eigenvalue weighted by Gasteiger charge is -2.27. The van der Waals surface area contributed by atoms with Crippen LogP contribution in [0.2, 0.25) is 0 Å². The summed E-state index contributed by atoms with van der Waals surface area (Å²) in [6, 6.07) is 9.77. The van der Waals surface area contributed by atoms with Crippen LogP contribution in [0.5, 0.6) is 0 Å². The highest BCUT2D eigenvalue weighted by Crippen LogP contribution is 2.35. The third-order valence-corrected chi connectivity index (χ3v) is 3.73. The molecule has 0 unspecified atom stereocenters. The minimum Gasteiger partial charge on any atom is -0.369 e. The molecule has 4 heteroatoms. The molecule has 2 N–H and O–H groups in total. The largest absolute Gasteiger partial charge is 0.369 e. The summed E-state index contributed by atoms with van der Waals surface area (Å²) in [7, 11) is 0. The van der Waals surface area contributed by atoms with Gasteiger partial charge in [-0.2, -0.15) is 0 Å². The van der Waals surface area contributed by atoms with Gasteiger partial charge in [-0.15, -0.1) is 0 Å². The number of benzene rings is 1. The maximum absolute atomic E-state index is 12.0. The molecule has 1 fully saturated rings. The van der Waals surface area contributed by atoms with Gasteiger partial charge in [-0.05, 0) is 19.4 Å². The van der Waals surface area contributed by atoms with Crippen LogP contribution in [0.3, 0.4) is 0 Å². The number of carbonyl (C=O) groups excluding carboxylic acids is 2. The van der Waals surface area contributed by atoms with E-state index in [-0.39, 0.29) is 18.4 Å². The molecule has 0 spiro atoms. The van der Waals surface area contributed by atoms with E-state index in [1.807, 2.05) is 37.3 Å². The fraction of sp³-hybridized carbons (Fsp3) is 0.429. The molecule has 1 aromatic rings. The monoisotopic (exact) mass is 246 g/mol. The maximum atomic E-state index is 12.0. The molecule has 0 bridgehead atoms. The van der Waals surface area contributed by atoms with Crippen LogP contribution in [0.25, 0.3) is 0 Å². The van der Waals surface area contributed by atoms with Crippen molar-refractivity contribution >= 4 is 11.8 Å². The van der Waals surface area contributed by atoms with Gasteiger partial charge < -0.3 is 10.6 Å². The molecule has 0 saturated carbocycles. The molecular weight excluding hydrogens is 228 g/mol. The smallest absolute Gasteiger partial charge is 0.225 e. The molecule has 1 aliphatic rings. The van der Waals surface area contributed by atoms with Gasteiger partial charge in [-0.3, -0.25) is 9.59 Å². The molecule has 0 aliphatic carbocycles. The van der Waals surface area contributed by atoms with Crippen LogP contribution in [-0.4, -0.2) is 23.3 Å². The third kappa shape index (κ3) is 2.10. The summed E-state index contributed by atoms with van der Waals surface area (Å²) < 4.78 is 0. The summed E-state index contributed by atoms with van der Waals surface area (Å²) in [5, 5.41) is 0. The molecule has 0 aromatic heterocycles. The summed E-state index contributed by atoms with van der Waals surface area (Å²) in [6.45, 7) is 4.13. The van der Waals surface area contributed by atoms with E-state index in [9.17, 15) is 9.59 Å². The van der Waals surface area contributed by atoms with E-state index >= 15 is 0 Å². The van der Waals surface area contributed by atoms with Crippen molar-refractivity contribution in [3.8, 4) is 0 Å². The highest BCUT2D eigenvalue weighted by atomic mass is 16.2. The Balaban J connectivity index is 2.21. The first-order chi connectivity index (χ1) is 8.44. The van der Waals surface area contributed by atoms with Crippen molar-refractivity contribution < 1.29 is 9.59 Å². The average molecular weight is 246 g/mol. The predicted molar refractivity (Wildman–Crippen MR) is 68.5 cm³/mol. The van der Waals surface area contributed by atoms with Crippen molar-refractivity contribution in [3.05, 3.63) is 35.9 Å². The number of hydrogen-bond acceptors (Lipinski definition) is 2. The van der Waals surface area contributed by atoms with Gasteiger partial charge in [0.05, 0.1) is 11.5 Å². The van der Waals surface area contributed by atoms with Crippen LogP contribution in [0, 0.1) is 5.41 Å². The van der Waals surface area contributed by atoms with Crippen molar-refractivity contribution in [3.63, 3.8) is 0 Å². The number of likely N-dealkylation sites (tertiary alicyclic amines) is 1. The minimum absolute atomic E-state index is 0.00680. The Morgan fingerprint density at radius 3 is 2.50 bits per heavy atom. The van der Waals surface area contributed by atoms with Gasteiger partial charge >= 0.3 is 0 Å². The van der Waals surface area contributed by atoms with E-state index < -0.39 is 11.3 Å². The van der Waals surface area contributed by atoms with E-state index in [2.05, 4.69) is 0 Å². The molecule has 1 heterocycles. The quantitative estimate of drug-likeness (QED) is 0.877. The Morgan fingerprint density at radius 2 is 2.00 bits per heavy atom. The molecule has 1 saturated heterocycles. The standard InChI is InChI=1S/C14H18N2O2/c1-10(11-6-4-3-5-7-11)16-9-14(2,13(15)18)8-12(16)17/h3-7,10H,8-9H2,1-2H3,(H2,15,18)/t10-,14+/m1/s1. The summed E-state index contributed by atoms with van der Waals surface area (Å²) in [6.07, 6.45) is 0.208. The normalized spacial score (nSPS) is 25.2. The van der Waals surface area contributed by atoms with Gasteiger partial charge in [0.15, 0.2) is 0 Å². The highest BCUT2D eigenvalue weighted by molar-refractivity contribution is 5.91. The summed E-state index contributed by atoms with van der Waals surface area (Å²) in [5.74, 6) is -0.411. The molecule has 0 radical (unpaired) electrons. The number of carbonyl (C=O) groups is 2. The van der Waals surface area contributed by atoms with Crippen molar-refractivity contribution in [2.24, 2.45) is 11.1 Å². The first kappa shape index (κ1) is 12.6. The molecule has 1 aliphatic heterocycles. The van der Waals surface area contributed by atoms with Gasteiger partial charge in [-0.1, -0.05) is 30.3 Å². The van der Waals surface area contributed by atoms with Crippen LogP contribution in [0.4, 0.5) is 0 Å². The first-order valence-electron chi connectivity index (χ1n) is 6.08. The Morgan fingerprint density at radius 1 is 1.39 bits per heavy atom. The highest BCUT2D eigenvalue weighted by Gasteiger charge is 2.45. The van der Waals surface area contributed by atoms with E-state index in [1.54, 1.807) is 11.8 Å². The lowest BCUT2D eigenvalue weighted by Crippen LogP contribution is -2.37. The zero-order valence-corrected chi connectivity index (χ0v) is 10.7. The van der Waals surface area contributed by atoms with Gasteiger partial charge in [0.1, 0.15) is 0 Å². The van der Waals surface area contributed by atoms with Crippen LogP contribution >= 0.6 is 0 Å².